The van der Waals surface area contributed by atoms with Crippen LogP contribution >= 0.6 is 11.6 Å². The van der Waals surface area contributed by atoms with E-state index >= 15 is 0 Å². The van der Waals surface area contributed by atoms with Gasteiger partial charge in [0.2, 0.25) is 5.28 Å². The van der Waals surface area contributed by atoms with Crippen LogP contribution in [0.3, 0.4) is 0 Å². The molecular formula is C15H28ClN5O. The first kappa shape index (κ1) is 20.6. The van der Waals surface area contributed by atoms with Gasteiger partial charge in [0.1, 0.15) is 5.52 Å². The third-order valence-corrected chi connectivity index (χ3v) is 3.25. The Bertz CT molecular complexity index is 540. The van der Waals surface area contributed by atoms with Crippen LogP contribution in [0, 0.1) is 5.92 Å². The minimum atomic E-state index is 0.121. The van der Waals surface area contributed by atoms with Gasteiger partial charge in [-0.1, -0.05) is 41.0 Å². The van der Waals surface area contributed by atoms with Crippen LogP contribution < -0.4 is 5.73 Å². The van der Waals surface area contributed by atoms with Gasteiger partial charge in [0.25, 0.3) is 0 Å². The van der Waals surface area contributed by atoms with Crippen LogP contribution in [0.25, 0.3) is 11.2 Å². The normalized spacial score (nSPS) is 11.2. The average Bonchev–Trinajstić information content (AvgIpc) is 2.95. The van der Waals surface area contributed by atoms with Crippen molar-refractivity contribution in [3.8, 4) is 0 Å². The molecule has 2 rings (SSSR count). The zero-order valence-corrected chi connectivity index (χ0v) is 14.9. The zero-order chi connectivity index (χ0) is 17.1. The molecule has 0 aliphatic heterocycles. The second-order valence-electron chi connectivity index (χ2n) is 4.23. The summed E-state index contributed by atoms with van der Waals surface area (Å²) in [7, 11) is 0. The number of aliphatic hydroxyl groups excluding tert-OH is 1. The molecule has 1 unspecified atom stereocenters. The molecule has 7 heteroatoms. The highest BCUT2D eigenvalue weighted by Crippen LogP contribution is 2.19. The number of anilines is 1. The SMILES string of the molecule is CC.CC.CCC(CO)CCn1cnc2c(N)nc(Cl)nc21. The summed E-state index contributed by atoms with van der Waals surface area (Å²) in [6, 6.07) is 0. The maximum atomic E-state index is 9.16. The molecule has 0 saturated heterocycles. The van der Waals surface area contributed by atoms with Gasteiger partial charge in [-0.25, -0.2) is 4.98 Å². The number of nitrogen functional groups attached to an aromatic ring is 1. The van der Waals surface area contributed by atoms with Crippen molar-refractivity contribution in [1.29, 1.82) is 0 Å². The molecule has 2 aromatic rings. The van der Waals surface area contributed by atoms with E-state index in [0.29, 0.717) is 11.2 Å². The lowest BCUT2D eigenvalue weighted by Gasteiger charge is -2.11. The molecule has 0 radical (unpaired) electrons. The molecule has 22 heavy (non-hydrogen) atoms. The lowest BCUT2D eigenvalue weighted by molar-refractivity contribution is 0.210. The first-order valence-corrected chi connectivity index (χ1v) is 8.28. The average molecular weight is 330 g/mol. The van der Waals surface area contributed by atoms with Gasteiger partial charge in [-0.05, 0) is 23.9 Å². The van der Waals surface area contributed by atoms with E-state index in [4.69, 9.17) is 22.4 Å². The van der Waals surface area contributed by atoms with Crippen LogP contribution in [-0.2, 0) is 6.54 Å². The molecule has 0 bridgehead atoms. The number of halogens is 1. The number of hydrogen-bond acceptors (Lipinski definition) is 5. The van der Waals surface area contributed by atoms with E-state index < -0.39 is 0 Å². The Hall–Kier alpha value is -1.40. The molecule has 0 fully saturated rings. The minimum Gasteiger partial charge on any atom is -0.396 e. The largest absolute Gasteiger partial charge is 0.396 e. The predicted octanol–water partition coefficient (Wildman–Crippen LogP) is 3.52. The summed E-state index contributed by atoms with van der Waals surface area (Å²) in [6.07, 6.45) is 3.48. The first-order chi connectivity index (χ1) is 10.7. The molecule has 0 aliphatic rings. The first-order valence-electron chi connectivity index (χ1n) is 7.90. The number of imidazole rings is 1. The van der Waals surface area contributed by atoms with Gasteiger partial charge in [-0.15, -0.1) is 0 Å². The molecular weight excluding hydrogens is 302 g/mol. The van der Waals surface area contributed by atoms with Crippen LogP contribution in [0.15, 0.2) is 6.33 Å². The quantitative estimate of drug-likeness (QED) is 0.819. The number of fused-ring (bicyclic) bond motifs is 1. The molecule has 0 aromatic carbocycles. The fourth-order valence-electron chi connectivity index (χ4n) is 1.85. The van der Waals surface area contributed by atoms with E-state index in [2.05, 4.69) is 21.9 Å². The van der Waals surface area contributed by atoms with E-state index in [1.165, 1.54) is 0 Å². The number of aliphatic hydroxyl groups is 1. The number of hydrogen-bond donors (Lipinski definition) is 2. The fourth-order valence-corrected chi connectivity index (χ4v) is 2.02. The van der Waals surface area contributed by atoms with Crippen molar-refractivity contribution in [3.63, 3.8) is 0 Å². The van der Waals surface area contributed by atoms with Crippen LogP contribution in [0.1, 0.15) is 47.5 Å². The fraction of sp³-hybridized carbons (Fsp3) is 0.667. The van der Waals surface area contributed by atoms with Crippen LogP contribution in [0.2, 0.25) is 5.28 Å². The van der Waals surface area contributed by atoms with Crippen molar-refractivity contribution in [2.75, 3.05) is 12.3 Å². The second-order valence-corrected chi connectivity index (χ2v) is 4.57. The van der Waals surface area contributed by atoms with E-state index in [-0.39, 0.29) is 23.6 Å². The van der Waals surface area contributed by atoms with Crippen molar-refractivity contribution >= 4 is 28.6 Å². The molecule has 2 heterocycles. The summed E-state index contributed by atoms with van der Waals surface area (Å²) in [5.74, 6) is 0.579. The van der Waals surface area contributed by atoms with Gasteiger partial charge < -0.3 is 15.4 Å². The van der Waals surface area contributed by atoms with E-state index in [0.717, 1.165) is 19.4 Å². The Morgan fingerprint density at radius 2 is 1.91 bits per heavy atom. The third-order valence-electron chi connectivity index (χ3n) is 3.08. The van der Waals surface area contributed by atoms with E-state index in [1.54, 1.807) is 6.33 Å². The minimum absolute atomic E-state index is 0.121. The number of nitrogens with two attached hydrogens (primary N) is 1. The van der Waals surface area contributed by atoms with Gasteiger partial charge >= 0.3 is 0 Å². The van der Waals surface area contributed by atoms with Gasteiger partial charge in [-0.3, -0.25) is 0 Å². The molecule has 6 nitrogen and oxygen atoms in total. The summed E-state index contributed by atoms with van der Waals surface area (Å²) < 4.78 is 1.89. The van der Waals surface area contributed by atoms with E-state index in [1.807, 2.05) is 32.3 Å². The molecule has 0 amide bonds. The lowest BCUT2D eigenvalue weighted by Crippen LogP contribution is -2.09. The molecule has 3 N–H and O–H groups in total. The summed E-state index contributed by atoms with van der Waals surface area (Å²) in [6.45, 7) is 11.0. The van der Waals surface area contributed by atoms with Crippen molar-refractivity contribution in [3.05, 3.63) is 11.6 Å². The molecule has 0 spiro atoms. The number of aryl methyl sites for hydroxylation is 1. The molecule has 1 atom stereocenters. The van der Waals surface area contributed by atoms with Crippen molar-refractivity contribution in [2.45, 2.75) is 54.0 Å². The summed E-state index contributed by atoms with van der Waals surface area (Å²) in [5, 5.41) is 9.29. The zero-order valence-electron chi connectivity index (χ0n) is 14.2. The van der Waals surface area contributed by atoms with Gasteiger partial charge in [-0.2, -0.15) is 9.97 Å². The van der Waals surface area contributed by atoms with Crippen LogP contribution in [0.5, 0.6) is 0 Å². The van der Waals surface area contributed by atoms with Crippen LogP contribution in [-0.4, -0.2) is 31.2 Å². The van der Waals surface area contributed by atoms with Crippen molar-refractivity contribution in [1.82, 2.24) is 19.5 Å². The van der Waals surface area contributed by atoms with E-state index in [9.17, 15) is 0 Å². The maximum absolute atomic E-state index is 9.16. The summed E-state index contributed by atoms with van der Waals surface area (Å²) >= 11 is 5.79. The Morgan fingerprint density at radius 1 is 1.27 bits per heavy atom. The summed E-state index contributed by atoms with van der Waals surface area (Å²) in [5.41, 5.74) is 6.93. The second kappa shape index (κ2) is 11.2. The van der Waals surface area contributed by atoms with Gasteiger partial charge in [0, 0.05) is 13.2 Å². The number of nitrogens with zero attached hydrogens (tertiary/aromatic N) is 4. The molecule has 2 aromatic heterocycles. The Kier molecular flexibility index (Phi) is 10.5. The highest BCUT2D eigenvalue weighted by Gasteiger charge is 2.11. The Balaban J connectivity index is 0.00000102. The Labute approximate surface area is 137 Å². The molecule has 0 saturated carbocycles. The Morgan fingerprint density at radius 3 is 2.45 bits per heavy atom. The lowest BCUT2D eigenvalue weighted by atomic mass is 10.0. The molecule has 126 valence electrons. The van der Waals surface area contributed by atoms with Crippen LogP contribution in [0.4, 0.5) is 5.82 Å². The maximum Gasteiger partial charge on any atom is 0.226 e. The smallest absolute Gasteiger partial charge is 0.226 e. The predicted molar refractivity (Wildman–Crippen MR) is 92.9 cm³/mol. The molecule has 0 aliphatic carbocycles. The number of aromatic nitrogens is 4. The highest BCUT2D eigenvalue weighted by atomic mass is 35.5. The van der Waals surface area contributed by atoms with Gasteiger partial charge in [0.05, 0.1) is 6.33 Å². The van der Waals surface area contributed by atoms with Crippen molar-refractivity contribution in [2.24, 2.45) is 5.92 Å². The number of rotatable bonds is 5. The highest BCUT2D eigenvalue weighted by molar-refractivity contribution is 6.28. The standard InChI is InChI=1S/C11H16ClN5O.2C2H6/c1-2-7(5-18)3-4-17-6-14-8-9(13)15-11(12)16-10(8)17;2*1-2/h6-7,18H,2-5H2,1H3,(H2,13,15,16);2*1-2H3. The topological polar surface area (TPSA) is 89.8 Å². The third kappa shape index (κ3) is 5.42. The van der Waals surface area contributed by atoms with Crippen molar-refractivity contribution < 1.29 is 5.11 Å². The monoisotopic (exact) mass is 329 g/mol. The van der Waals surface area contributed by atoms with Gasteiger partial charge in [0.15, 0.2) is 11.5 Å². The summed E-state index contributed by atoms with van der Waals surface area (Å²) in [4.78, 5) is 12.2.